The third-order valence-electron chi connectivity index (χ3n) is 2.30. The van der Waals surface area contributed by atoms with E-state index in [1.807, 2.05) is 6.92 Å². The number of hydrogen-bond donors (Lipinski definition) is 0. The van der Waals surface area contributed by atoms with E-state index in [-0.39, 0.29) is 11.8 Å². The highest BCUT2D eigenvalue weighted by Crippen LogP contribution is 2.26. The molecule has 0 aromatic heterocycles. The lowest BCUT2D eigenvalue weighted by Crippen LogP contribution is -2.04. The number of nitro groups is 1. The van der Waals surface area contributed by atoms with Crippen LogP contribution < -0.4 is 0 Å². The number of oxime groups is 1. The highest BCUT2D eigenvalue weighted by Gasteiger charge is 2.21. The fourth-order valence-electron chi connectivity index (χ4n) is 1.51. The normalized spacial score (nSPS) is 19.1. The molecule has 16 heavy (non-hydrogen) atoms. The maximum atomic E-state index is 10.6. The van der Waals surface area contributed by atoms with Crippen LogP contribution >= 0.6 is 11.6 Å². The molecule has 84 valence electrons. The number of halogens is 1. The zero-order valence-corrected chi connectivity index (χ0v) is 9.27. The molecule has 1 aromatic carbocycles. The van der Waals surface area contributed by atoms with Crippen molar-refractivity contribution in [1.82, 2.24) is 0 Å². The average molecular weight is 241 g/mol. The third-order valence-corrected chi connectivity index (χ3v) is 2.62. The second-order valence-electron chi connectivity index (χ2n) is 3.58. The Kier molecular flexibility index (Phi) is 2.78. The molecule has 0 bridgehead atoms. The topological polar surface area (TPSA) is 64.7 Å². The Bertz CT molecular complexity index is 473. The van der Waals surface area contributed by atoms with Crippen LogP contribution in [-0.2, 0) is 4.84 Å². The quantitative estimate of drug-likeness (QED) is 0.590. The van der Waals surface area contributed by atoms with Crippen LogP contribution in [0.15, 0.2) is 23.4 Å². The Balaban J connectivity index is 2.40. The fraction of sp³-hybridized carbons (Fsp3) is 0.300. The van der Waals surface area contributed by atoms with E-state index in [2.05, 4.69) is 5.16 Å². The van der Waals surface area contributed by atoms with Crippen molar-refractivity contribution >= 4 is 23.0 Å². The second kappa shape index (κ2) is 4.09. The summed E-state index contributed by atoms with van der Waals surface area (Å²) in [4.78, 5) is 15.2. The summed E-state index contributed by atoms with van der Waals surface area (Å²) in [6, 6.07) is 4.29. The number of rotatable bonds is 2. The van der Waals surface area contributed by atoms with E-state index >= 15 is 0 Å². The van der Waals surface area contributed by atoms with Crippen LogP contribution in [0.3, 0.4) is 0 Å². The Morgan fingerprint density at radius 1 is 1.62 bits per heavy atom. The van der Waals surface area contributed by atoms with Gasteiger partial charge >= 0.3 is 0 Å². The molecule has 1 aliphatic rings. The highest BCUT2D eigenvalue weighted by atomic mass is 35.5. The summed E-state index contributed by atoms with van der Waals surface area (Å²) in [5, 5.41) is 14.9. The van der Waals surface area contributed by atoms with Gasteiger partial charge in [0, 0.05) is 24.1 Å². The number of nitrogens with zero attached hydrogens (tertiary/aromatic N) is 2. The number of hydrogen-bond acceptors (Lipinski definition) is 4. The summed E-state index contributed by atoms with van der Waals surface area (Å²) >= 11 is 5.97. The van der Waals surface area contributed by atoms with Crippen molar-refractivity contribution in [2.45, 2.75) is 19.4 Å². The van der Waals surface area contributed by atoms with Crippen LogP contribution in [0.25, 0.3) is 0 Å². The molecule has 1 aliphatic heterocycles. The number of nitro benzene ring substituents is 1. The van der Waals surface area contributed by atoms with Crippen LogP contribution in [0.4, 0.5) is 5.69 Å². The molecule has 1 unspecified atom stereocenters. The van der Waals surface area contributed by atoms with Gasteiger partial charge in [-0.1, -0.05) is 16.8 Å². The molecule has 0 amide bonds. The molecule has 1 heterocycles. The van der Waals surface area contributed by atoms with Gasteiger partial charge in [-0.25, -0.2) is 0 Å². The van der Waals surface area contributed by atoms with Gasteiger partial charge < -0.3 is 4.84 Å². The Morgan fingerprint density at radius 2 is 2.38 bits per heavy atom. The van der Waals surface area contributed by atoms with Crippen LogP contribution in [-0.4, -0.2) is 16.7 Å². The van der Waals surface area contributed by atoms with Crippen LogP contribution in [0.1, 0.15) is 18.9 Å². The zero-order chi connectivity index (χ0) is 11.7. The van der Waals surface area contributed by atoms with Crippen LogP contribution in [0, 0.1) is 10.1 Å². The van der Waals surface area contributed by atoms with Crippen LogP contribution in [0.2, 0.25) is 5.02 Å². The molecular formula is C10H9ClN2O3. The van der Waals surface area contributed by atoms with Crippen LogP contribution in [0.5, 0.6) is 0 Å². The minimum atomic E-state index is -0.459. The fourth-order valence-corrected chi connectivity index (χ4v) is 1.73. The summed E-state index contributed by atoms with van der Waals surface area (Å²) in [7, 11) is 0. The maximum absolute atomic E-state index is 10.6. The van der Waals surface area contributed by atoms with Crippen molar-refractivity contribution in [3.8, 4) is 0 Å². The molecule has 0 fully saturated rings. The molecule has 0 aliphatic carbocycles. The van der Waals surface area contributed by atoms with Gasteiger partial charge in [0.2, 0.25) is 0 Å². The summed E-state index contributed by atoms with van der Waals surface area (Å²) in [5.41, 5.74) is 1.23. The first-order chi connectivity index (χ1) is 7.58. The van der Waals surface area contributed by atoms with Gasteiger partial charge in [-0.15, -0.1) is 0 Å². The largest absolute Gasteiger partial charge is 0.392 e. The van der Waals surface area contributed by atoms with Gasteiger partial charge in [-0.3, -0.25) is 10.1 Å². The summed E-state index contributed by atoms with van der Waals surface area (Å²) in [6.45, 7) is 1.88. The van der Waals surface area contributed by atoms with Gasteiger partial charge in [0.1, 0.15) is 6.10 Å². The van der Waals surface area contributed by atoms with E-state index in [1.54, 1.807) is 0 Å². The van der Waals surface area contributed by atoms with Gasteiger partial charge in [0.25, 0.3) is 5.69 Å². The minimum absolute atomic E-state index is 0.00153. The smallest absolute Gasteiger partial charge is 0.270 e. The minimum Gasteiger partial charge on any atom is -0.392 e. The lowest BCUT2D eigenvalue weighted by Gasteiger charge is -2.02. The van der Waals surface area contributed by atoms with E-state index in [0.29, 0.717) is 22.7 Å². The Hall–Kier alpha value is -1.62. The predicted octanol–water partition coefficient (Wildman–Crippen LogP) is 2.76. The third kappa shape index (κ3) is 1.99. The monoisotopic (exact) mass is 240 g/mol. The van der Waals surface area contributed by atoms with E-state index in [4.69, 9.17) is 16.4 Å². The molecule has 0 radical (unpaired) electrons. The number of benzene rings is 1. The Morgan fingerprint density at radius 3 is 2.94 bits per heavy atom. The molecule has 0 saturated carbocycles. The molecule has 2 rings (SSSR count). The SMILES string of the molecule is CC1CC(c2cc([N+](=O)[O-])ccc2Cl)=NO1. The van der Waals surface area contributed by atoms with Gasteiger partial charge in [0.05, 0.1) is 15.7 Å². The summed E-state index contributed by atoms with van der Waals surface area (Å²) in [6.07, 6.45) is 0.603. The van der Waals surface area contributed by atoms with E-state index in [1.165, 1.54) is 18.2 Å². The predicted molar refractivity (Wildman–Crippen MR) is 59.8 cm³/mol. The molecule has 6 heteroatoms. The van der Waals surface area contributed by atoms with E-state index < -0.39 is 4.92 Å². The first kappa shape index (κ1) is 10.9. The second-order valence-corrected chi connectivity index (χ2v) is 3.99. The highest BCUT2D eigenvalue weighted by molar-refractivity contribution is 6.34. The van der Waals surface area contributed by atoms with Gasteiger partial charge in [-0.05, 0) is 13.0 Å². The van der Waals surface area contributed by atoms with Crippen molar-refractivity contribution in [2.24, 2.45) is 5.16 Å². The zero-order valence-electron chi connectivity index (χ0n) is 8.51. The van der Waals surface area contributed by atoms with Crippen molar-refractivity contribution in [2.75, 3.05) is 0 Å². The molecule has 1 atom stereocenters. The Labute approximate surface area is 96.8 Å². The van der Waals surface area contributed by atoms with E-state index in [9.17, 15) is 10.1 Å². The van der Waals surface area contributed by atoms with Gasteiger partial charge in [-0.2, -0.15) is 0 Å². The maximum Gasteiger partial charge on any atom is 0.270 e. The number of non-ortho nitro benzene ring substituents is 1. The molecule has 0 N–H and O–H groups in total. The summed E-state index contributed by atoms with van der Waals surface area (Å²) in [5.74, 6) is 0. The molecule has 5 nitrogen and oxygen atoms in total. The molecule has 0 spiro atoms. The first-order valence-electron chi connectivity index (χ1n) is 4.75. The molecule has 0 saturated heterocycles. The molecule has 1 aromatic rings. The lowest BCUT2D eigenvalue weighted by atomic mass is 10.1. The van der Waals surface area contributed by atoms with Crippen molar-refractivity contribution in [1.29, 1.82) is 0 Å². The van der Waals surface area contributed by atoms with Gasteiger partial charge in [0.15, 0.2) is 0 Å². The average Bonchev–Trinajstić information content (AvgIpc) is 2.65. The van der Waals surface area contributed by atoms with Crippen molar-refractivity contribution in [3.63, 3.8) is 0 Å². The standard InChI is InChI=1S/C10H9ClN2O3/c1-6-4-10(12-16-6)8-5-7(13(14)15)2-3-9(8)11/h2-3,5-6H,4H2,1H3. The van der Waals surface area contributed by atoms with Crippen molar-refractivity contribution in [3.05, 3.63) is 38.9 Å². The first-order valence-corrected chi connectivity index (χ1v) is 5.12. The lowest BCUT2D eigenvalue weighted by molar-refractivity contribution is -0.384. The summed E-state index contributed by atoms with van der Waals surface area (Å²) < 4.78 is 0. The van der Waals surface area contributed by atoms with E-state index in [0.717, 1.165) is 0 Å². The molecular weight excluding hydrogens is 232 g/mol. The van der Waals surface area contributed by atoms with Crippen molar-refractivity contribution < 1.29 is 9.76 Å².